The number of rotatable bonds is 31. The maximum Gasteiger partial charge on any atom is 0.306 e. The number of carbonyl (C=O) groups is 2. The summed E-state index contributed by atoms with van der Waals surface area (Å²) >= 11 is 0. The van der Waals surface area contributed by atoms with Gasteiger partial charge < -0.3 is 14.6 Å². The molecule has 0 aromatic heterocycles. The molecule has 0 aliphatic carbocycles. The summed E-state index contributed by atoms with van der Waals surface area (Å²) in [6.45, 7) is 6.45. The number of hydrogen-bond donors (Lipinski definition) is 1. The number of unbranched alkanes of at least 4 members (excludes halogenated alkanes) is 20. The molecule has 0 aliphatic rings. The topological polar surface area (TPSA) is 72.8 Å². The van der Waals surface area contributed by atoms with Crippen molar-refractivity contribution in [2.45, 2.75) is 194 Å². The molecular formula is C35H68O5. The lowest BCUT2D eigenvalue weighted by molar-refractivity contribution is -0.161. The second-order valence-electron chi connectivity index (χ2n) is 12.2. The van der Waals surface area contributed by atoms with Gasteiger partial charge in [0.05, 0.1) is 6.61 Å². The minimum Gasteiger partial charge on any atom is -0.462 e. The summed E-state index contributed by atoms with van der Waals surface area (Å²) in [6, 6.07) is 0. The Balaban J connectivity index is 3.53. The van der Waals surface area contributed by atoms with E-state index in [4.69, 9.17) is 9.47 Å². The van der Waals surface area contributed by atoms with Gasteiger partial charge in [0.15, 0.2) is 6.10 Å². The van der Waals surface area contributed by atoms with Crippen LogP contribution in [0.5, 0.6) is 0 Å². The molecule has 1 N–H and O–H groups in total. The van der Waals surface area contributed by atoms with Crippen LogP contribution in [0.2, 0.25) is 0 Å². The van der Waals surface area contributed by atoms with Crippen molar-refractivity contribution in [3.63, 3.8) is 0 Å². The van der Waals surface area contributed by atoms with Crippen molar-refractivity contribution in [3.8, 4) is 0 Å². The molecule has 0 spiro atoms. The zero-order chi connectivity index (χ0) is 29.5. The molecule has 0 amide bonds. The van der Waals surface area contributed by atoms with Crippen molar-refractivity contribution in [2.24, 2.45) is 5.92 Å². The molecule has 0 fully saturated rings. The Hall–Kier alpha value is -1.10. The van der Waals surface area contributed by atoms with Crippen molar-refractivity contribution in [3.05, 3.63) is 0 Å². The molecular weight excluding hydrogens is 500 g/mol. The van der Waals surface area contributed by atoms with Crippen LogP contribution in [-0.4, -0.2) is 36.4 Å². The van der Waals surface area contributed by atoms with Gasteiger partial charge in [-0.3, -0.25) is 9.59 Å². The van der Waals surface area contributed by atoms with E-state index in [9.17, 15) is 14.7 Å². The van der Waals surface area contributed by atoms with E-state index in [-0.39, 0.29) is 25.2 Å². The summed E-state index contributed by atoms with van der Waals surface area (Å²) in [5, 5.41) is 9.50. The smallest absolute Gasteiger partial charge is 0.306 e. The van der Waals surface area contributed by atoms with E-state index in [0.29, 0.717) is 12.8 Å². The van der Waals surface area contributed by atoms with Gasteiger partial charge in [-0.05, 0) is 18.8 Å². The van der Waals surface area contributed by atoms with Gasteiger partial charge in [0.2, 0.25) is 0 Å². The summed E-state index contributed by atoms with van der Waals surface area (Å²) in [5.41, 5.74) is 0. The molecule has 5 nitrogen and oxygen atoms in total. The van der Waals surface area contributed by atoms with Crippen molar-refractivity contribution in [1.82, 2.24) is 0 Å². The zero-order valence-corrected chi connectivity index (χ0v) is 27.0. The molecule has 0 rings (SSSR count). The third-order valence-electron chi connectivity index (χ3n) is 8.19. The first-order chi connectivity index (χ1) is 19.5. The van der Waals surface area contributed by atoms with Crippen molar-refractivity contribution >= 4 is 11.9 Å². The highest BCUT2D eigenvalue weighted by Crippen LogP contribution is 2.16. The fourth-order valence-electron chi connectivity index (χ4n) is 5.12. The third-order valence-corrected chi connectivity index (χ3v) is 8.19. The van der Waals surface area contributed by atoms with Gasteiger partial charge in [0.1, 0.15) is 6.61 Å². The predicted octanol–water partition coefficient (Wildman–Crippen LogP) is 10.3. The van der Waals surface area contributed by atoms with Gasteiger partial charge in [-0.25, -0.2) is 0 Å². The number of ether oxygens (including phenoxy) is 2. The first-order valence-electron chi connectivity index (χ1n) is 17.5. The maximum atomic E-state index is 12.1. The largest absolute Gasteiger partial charge is 0.462 e. The van der Waals surface area contributed by atoms with Crippen LogP contribution in [0.4, 0.5) is 0 Å². The van der Waals surface area contributed by atoms with Crippen molar-refractivity contribution in [1.29, 1.82) is 0 Å². The van der Waals surface area contributed by atoms with Crippen LogP contribution in [0.1, 0.15) is 188 Å². The second-order valence-corrected chi connectivity index (χ2v) is 12.2. The lowest BCUT2D eigenvalue weighted by Gasteiger charge is -2.15. The molecule has 0 aromatic carbocycles. The highest BCUT2D eigenvalue weighted by Gasteiger charge is 2.16. The Morgan fingerprint density at radius 2 is 0.975 bits per heavy atom. The van der Waals surface area contributed by atoms with Crippen LogP contribution in [-0.2, 0) is 19.1 Å². The van der Waals surface area contributed by atoms with Crippen LogP contribution >= 0.6 is 0 Å². The minimum atomic E-state index is -0.761. The van der Waals surface area contributed by atoms with E-state index in [1.54, 1.807) is 0 Å². The summed E-state index contributed by atoms with van der Waals surface area (Å²) < 4.78 is 10.6. The lowest BCUT2D eigenvalue weighted by atomic mass is 10.00. The lowest BCUT2D eigenvalue weighted by Crippen LogP contribution is -2.28. The van der Waals surface area contributed by atoms with E-state index in [1.807, 2.05) is 0 Å². The quantitative estimate of drug-likeness (QED) is 0.0665. The molecule has 0 bridgehead atoms. The van der Waals surface area contributed by atoms with E-state index in [0.717, 1.165) is 44.4 Å². The Morgan fingerprint density at radius 1 is 0.575 bits per heavy atom. The van der Waals surface area contributed by atoms with Crippen LogP contribution in [0.25, 0.3) is 0 Å². The first-order valence-corrected chi connectivity index (χ1v) is 17.5. The number of esters is 2. The number of aliphatic hydroxyl groups excluding tert-OH is 1. The Labute approximate surface area is 248 Å². The molecule has 1 unspecified atom stereocenters. The molecule has 0 radical (unpaired) electrons. The highest BCUT2D eigenvalue weighted by molar-refractivity contribution is 5.70. The molecule has 0 aromatic rings. The number of aliphatic hydroxyl groups is 1. The molecule has 0 heterocycles. The second kappa shape index (κ2) is 30.8. The van der Waals surface area contributed by atoms with Crippen molar-refractivity contribution in [2.75, 3.05) is 13.2 Å². The van der Waals surface area contributed by atoms with Gasteiger partial charge in [0.25, 0.3) is 0 Å². The molecule has 0 saturated heterocycles. The van der Waals surface area contributed by atoms with Crippen LogP contribution in [0.15, 0.2) is 0 Å². The van der Waals surface area contributed by atoms with E-state index in [2.05, 4.69) is 20.8 Å². The zero-order valence-electron chi connectivity index (χ0n) is 27.0. The summed E-state index contributed by atoms with van der Waals surface area (Å²) in [7, 11) is 0. The fourth-order valence-corrected chi connectivity index (χ4v) is 5.12. The van der Waals surface area contributed by atoms with E-state index in [1.165, 1.54) is 116 Å². The molecule has 2 atom stereocenters. The number of carbonyl (C=O) groups excluding carboxylic acids is 2. The van der Waals surface area contributed by atoms with Gasteiger partial charge >= 0.3 is 11.9 Å². The predicted molar refractivity (Wildman–Crippen MR) is 168 cm³/mol. The monoisotopic (exact) mass is 569 g/mol. The van der Waals surface area contributed by atoms with Gasteiger partial charge in [-0.15, -0.1) is 0 Å². The SMILES string of the molecule is CCCCCCCCCCCCCCCCCCC(=O)O[C@@H](CO)COC(=O)CCCCCCCCC(C)CC. The molecule has 238 valence electrons. The number of hydrogen-bond acceptors (Lipinski definition) is 5. The highest BCUT2D eigenvalue weighted by atomic mass is 16.6. The molecule has 0 aliphatic heterocycles. The maximum absolute atomic E-state index is 12.1. The van der Waals surface area contributed by atoms with Crippen LogP contribution < -0.4 is 0 Å². The Bertz CT molecular complexity index is 550. The van der Waals surface area contributed by atoms with Crippen LogP contribution in [0.3, 0.4) is 0 Å². The van der Waals surface area contributed by atoms with E-state index >= 15 is 0 Å². The Morgan fingerprint density at radius 3 is 1.40 bits per heavy atom. The summed E-state index contributed by atoms with van der Waals surface area (Å²) in [4.78, 5) is 24.1. The Kier molecular flexibility index (Phi) is 30.0. The van der Waals surface area contributed by atoms with E-state index < -0.39 is 6.10 Å². The average Bonchev–Trinajstić information content (AvgIpc) is 2.96. The fraction of sp³-hybridized carbons (Fsp3) is 0.943. The minimum absolute atomic E-state index is 0.0599. The van der Waals surface area contributed by atoms with Gasteiger partial charge in [-0.1, -0.05) is 162 Å². The van der Waals surface area contributed by atoms with Gasteiger partial charge in [0, 0.05) is 12.8 Å². The standard InChI is InChI=1S/C35H68O5/c1-4-6-7-8-9-10-11-12-13-14-15-16-17-18-23-26-29-35(38)40-33(30-36)31-39-34(37)28-25-22-20-19-21-24-27-32(3)5-2/h32-33,36H,4-31H2,1-3H3/t32?,33-/m0/s1. The summed E-state index contributed by atoms with van der Waals surface area (Å²) in [6.07, 6.45) is 30.2. The summed E-state index contributed by atoms with van der Waals surface area (Å²) in [5.74, 6) is 0.244. The average molecular weight is 569 g/mol. The van der Waals surface area contributed by atoms with Crippen LogP contribution in [0, 0.1) is 5.92 Å². The molecule has 40 heavy (non-hydrogen) atoms. The molecule has 5 heteroatoms. The normalized spacial score (nSPS) is 12.8. The first kappa shape index (κ1) is 38.9. The van der Waals surface area contributed by atoms with Gasteiger partial charge in [-0.2, -0.15) is 0 Å². The molecule has 0 saturated carbocycles. The third kappa shape index (κ3) is 28.4. The van der Waals surface area contributed by atoms with Crippen molar-refractivity contribution < 1.29 is 24.2 Å².